The first kappa shape index (κ1) is 24.4. The first-order valence-corrected chi connectivity index (χ1v) is 12.9. The smallest absolute Gasteiger partial charge is 0.238 e. The molecule has 1 saturated heterocycles. The maximum atomic E-state index is 12.4. The molecule has 0 aromatic heterocycles. The summed E-state index contributed by atoms with van der Waals surface area (Å²) in [6.45, 7) is 0.828. The molecule has 0 spiro atoms. The predicted octanol–water partition coefficient (Wildman–Crippen LogP) is 2.91. The zero-order valence-corrected chi connectivity index (χ0v) is 19.5. The Morgan fingerprint density at radius 2 is 1.88 bits per heavy atom. The van der Waals surface area contributed by atoms with Gasteiger partial charge in [0.15, 0.2) is 9.84 Å². The SMILES string of the molecule is CS(=O)(=O)c1cc(-c2ccc(CC[C@@H](C#N)NC(=O)[C@@H]3CCCCN3)cc2)ccc1CC#N. The Bertz CT molecular complexity index is 1170. The molecule has 1 aliphatic rings. The number of benzene rings is 2. The van der Waals surface area contributed by atoms with Gasteiger partial charge in [0.05, 0.1) is 29.5 Å². The maximum absolute atomic E-state index is 12.4. The van der Waals surface area contributed by atoms with Crippen molar-refractivity contribution in [1.29, 1.82) is 10.5 Å². The number of nitrogens with zero attached hydrogens (tertiary/aromatic N) is 2. The molecule has 2 N–H and O–H groups in total. The third-order valence-electron chi connectivity index (χ3n) is 5.84. The maximum Gasteiger partial charge on any atom is 0.238 e. The lowest BCUT2D eigenvalue weighted by atomic mass is 9.99. The van der Waals surface area contributed by atoms with Crippen LogP contribution in [0.3, 0.4) is 0 Å². The summed E-state index contributed by atoms with van der Waals surface area (Å²) >= 11 is 0. The molecule has 7 nitrogen and oxygen atoms in total. The van der Waals surface area contributed by atoms with E-state index in [2.05, 4.69) is 16.7 Å². The molecule has 2 aromatic rings. The first-order valence-electron chi connectivity index (χ1n) is 11.0. The Morgan fingerprint density at radius 1 is 1.15 bits per heavy atom. The van der Waals surface area contributed by atoms with Gasteiger partial charge in [-0.25, -0.2) is 8.42 Å². The quantitative estimate of drug-likeness (QED) is 0.619. The Kier molecular flexibility index (Phi) is 8.21. The second-order valence-electron chi connectivity index (χ2n) is 8.36. The van der Waals surface area contributed by atoms with Crippen molar-refractivity contribution >= 4 is 15.7 Å². The zero-order chi connectivity index (χ0) is 23.8. The van der Waals surface area contributed by atoms with E-state index < -0.39 is 15.9 Å². The van der Waals surface area contributed by atoms with Gasteiger partial charge in [-0.15, -0.1) is 0 Å². The normalized spacial score (nSPS) is 16.9. The van der Waals surface area contributed by atoms with Crippen LogP contribution in [0.1, 0.15) is 36.8 Å². The van der Waals surface area contributed by atoms with E-state index in [4.69, 9.17) is 5.26 Å². The molecular formula is C25H28N4O3S. The molecule has 8 heteroatoms. The topological polar surface area (TPSA) is 123 Å². The van der Waals surface area contributed by atoms with Crippen molar-refractivity contribution in [1.82, 2.24) is 10.6 Å². The molecule has 33 heavy (non-hydrogen) atoms. The van der Waals surface area contributed by atoms with Crippen LogP contribution in [0.15, 0.2) is 47.4 Å². The molecule has 0 aliphatic carbocycles. The Hall–Kier alpha value is -3.20. The van der Waals surface area contributed by atoms with E-state index in [0.717, 1.165) is 48.8 Å². The van der Waals surface area contributed by atoms with Crippen molar-refractivity contribution in [2.75, 3.05) is 12.8 Å². The second-order valence-corrected chi connectivity index (χ2v) is 10.3. The molecule has 172 valence electrons. The van der Waals surface area contributed by atoms with Gasteiger partial charge in [-0.3, -0.25) is 4.79 Å². The number of nitrogens with one attached hydrogen (secondary N) is 2. The third-order valence-corrected chi connectivity index (χ3v) is 7.02. The predicted molar refractivity (Wildman–Crippen MR) is 126 cm³/mol. The summed E-state index contributed by atoms with van der Waals surface area (Å²) in [5.41, 5.74) is 3.13. The molecule has 0 saturated carbocycles. The van der Waals surface area contributed by atoms with Crippen LogP contribution in [0, 0.1) is 22.7 Å². The number of rotatable bonds is 8. The fraction of sp³-hybridized carbons (Fsp3) is 0.400. The fourth-order valence-corrected chi connectivity index (χ4v) is 4.96. The molecule has 1 fully saturated rings. The van der Waals surface area contributed by atoms with Gasteiger partial charge in [-0.1, -0.05) is 42.8 Å². The number of aryl methyl sites for hydroxylation is 1. The van der Waals surface area contributed by atoms with Crippen LogP contribution in [0.2, 0.25) is 0 Å². The largest absolute Gasteiger partial charge is 0.339 e. The highest BCUT2D eigenvalue weighted by Crippen LogP contribution is 2.26. The summed E-state index contributed by atoms with van der Waals surface area (Å²) in [4.78, 5) is 12.5. The van der Waals surface area contributed by atoms with Crippen LogP contribution in [0.4, 0.5) is 0 Å². The molecule has 0 radical (unpaired) electrons. The molecule has 1 heterocycles. The first-order chi connectivity index (χ1) is 15.8. The lowest BCUT2D eigenvalue weighted by Crippen LogP contribution is -2.49. The number of hydrogen-bond acceptors (Lipinski definition) is 6. The Balaban J connectivity index is 1.65. The Labute approximate surface area is 195 Å². The summed E-state index contributed by atoms with van der Waals surface area (Å²) < 4.78 is 24.3. The highest BCUT2D eigenvalue weighted by atomic mass is 32.2. The van der Waals surface area contributed by atoms with Crippen LogP contribution in [0.25, 0.3) is 11.1 Å². The summed E-state index contributed by atoms with van der Waals surface area (Å²) in [7, 11) is -3.45. The van der Waals surface area contributed by atoms with E-state index in [1.807, 2.05) is 36.4 Å². The summed E-state index contributed by atoms with van der Waals surface area (Å²) in [5.74, 6) is -0.113. The van der Waals surface area contributed by atoms with Crippen molar-refractivity contribution in [3.63, 3.8) is 0 Å². The van der Waals surface area contributed by atoms with Gasteiger partial charge in [0.25, 0.3) is 0 Å². The van der Waals surface area contributed by atoms with Gasteiger partial charge < -0.3 is 10.6 Å². The van der Waals surface area contributed by atoms with Gasteiger partial charge in [0, 0.05) is 6.26 Å². The molecule has 2 atom stereocenters. The molecule has 2 aromatic carbocycles. The van der Waals surface area contributed by atoms with Crippen LogP contribution in [-0.4, -0.2) is 39.2 Å². The number of piperidine rings is 1. The molecular weight excluding hydrogens is 436 g/mol. The third kappa shape index (κ3) is 6.64. The van der Waals surface area contributed by atoms with E-state index >= 15 is 0 Å². The van der Waals surface area contributed by atoms with Crippen molar-refractivity contribution in [3.8, 4) is 23.3 Å². The number of amides is 1. The minimum absolute atomic E-state index is 0.0367. The van der Waals surface area contributed by atoms with Crippen molar-refractivity contribution in [2.24, 2.45) is 0 Å². The molecule has 1 aliphatic heterocycles. The standard InChI is InChI=1S/C25H28N4O3S/c1-33(31,32)24-16-21(11-10-20(24)13-14-26)19-8-5-18(6-9-19)7-12-22(17-27)29-25(30)23-4-2-3-15-28-23/h5-6,8-11,16,22-23,28H,2-4,7,12-13,15H2,1H3,(H,29,30)/t22-,23-/m0/s1. The average molecular weight is 465 g/mol. The molecule has 1 amide bonds. The van der Waals surface area contributed by atoms with E-state index in [-0.39, 0.29) is 23.3 Å². The lowest BCUT2D eigenvalue weighted by Gasteiger charge is -2.23. The number of hydrogen-bond donors (Lipinski definition) is 2. The average Bonchev–Trinajstić information content (AvgIpc) is 2.82. The van der Waals surface area contributed by atoms with Gasteiger partial charge in [0.2, 0.25) is 5.91 Å². The van der Waals surface area contributed by atoms with Gasteiger partial charge in [-0.05, 0) is 60.5 Å². The van der Waals surface area contributed by atoms with Gasteiger partial charge in [0.1, 0.15) is 6.04 Å². The second kappa shape index (κ2) is 11.1. The monoisotopic (exact) mass is 464 g/mol. The number of carbonyl (C=O) groups is 1. The fourth-order valence-electron chi connectivity index (χ4n) is 4.00. The highest BCUT2D eigenvalue weighted by molar-refractivity contribution is 7.90. The minimum atomic E-state index is -3.45. The van der Waals surface area contributed by atoms with E-state index in [1.165, 1.54) is 0 Å². The molecule has 0 bridgehead atoms. The summed E-state index contributed by atoms with van der Waals surface area (Å²) in [6.07, 6.45) is 5.20. The van der Waals surface area contributed by atoms with Crippen molar-refractivity contribution < 1.29 is 13.2 Å². The van der Waals surface area contributed by atoms with Gasteiger partial charge >= 0.3 is 0 Å². The van der Waals surface area contributed by atoms with Gasteiger partial charge in [-0.2, -0.15) is 10.5 Å². The number of sulfone groups is 1. The van der Waals surface area contributed by atoms with Crippen LogP contribution < -0.4 is 10.6 Å². The highest BCUT2D eigenvalue weighted by Gasteiger charge is 2.22. The number of nitriles is 2. The van der Waals surface area contributed by atoms with Crippen molar-refractivity contribution in [2.45, 2.75) is 55.5 Å². The number of carbonyl (C=O) groups excluding carboxylic acids is 1. The van der Waals surface area contributed by atoms with Crippen LogP contribution in [0.5, 0.6) is 0 Å². The van der Waals surface area contributed by atoms with E-state index in [9.17, 15) is 18.5 Å². The molecule has 0 unspecified atom stereocenters. The van der Waals surface area contributed by atoms with Crippen LogP contribution >= 0.6 is 0 Å². The zero-order valence-electron chi connectivity index (χ0n) is 18.7. The van der Waals surface area contributed by atoms with Crippen molar-refractivity contribution in [3.05, 3.63) is 53.6 Å². The minimum Gasteiger partial charge on any atom is -0.339 e. The molecule has 3 rings (SSSR count). The van der Waals surface area contributed by atoms with E-state index in [0.29, 0.717) is 18.4 Å². The lowest BCUT2D eigenvalue weighted by molar-refractivity contribution is -0.124. The van der Waals surface area contributed by atoms with Crippen LogP contribution in [-0.2, 0) is 27.5 Å². The van der Waals surface area contributed by atoms with E-state index in [1.54, 1.807) is 12.1 Å². The Morgan fingerprint density at radius 3 is 2.48 bits per heavy atom. The summed E-state index contributed by atoms with van der Waals surface area (Å²) in [5, 5.41) is 24.4. The summed E-state index contributed by atoms with van der Waals surface area (Å²) in [6, 6.07) is 16.2.